The van der Waals surface area contributed by atoms with Gasteiger partial charge in [0.05, 0.1) is 0 Å². The Bertz CT molecular complexity index is 1320. The molecule has 0 spiro atoms. The number of nitrogens with one attached hydrogen (secondary N) is 3. The molecule has 3 aliphatic heterocycles. The highest BCUT2D eigenvalue weighted by atomic mass is 16.2. The summed E-state index contributed by atoms with van der Waals surface area (Å²) >= 11 is 0. The summed E-state index contributed by atoms with van der Waals surface area (Å²) in [5, 5.41) is 13.2. The van der Waals surface area contributed by atoms with Crippen molar-refractivity contribution in [2.75, 3.05) is 55.6 Å². The minimum absolute atomic E-state index is 0.0285. The highest BCUT2D eigenvalue weighted by Gasteiger charge is 2.28. The summed E-state index contributed by atoms with van der Waals surface area (Å²) in [7, 11) is 0. The van der Waals surface area contributed by atoms with E-state index < -0.39 is 23.9 Å². The maximum Gasteiger partial charge on any atom is 0.327 e. The summed E-state index contributed by atoms with van der Waals surface area (Å²) in [6, 6.07) is 9.66. The number of piperidine rings is 2. The van der Waals surface area contributed by atoms with Crippen molar-refractivity contribution in [2.24, 2.45) is 11.7 Å². The van der Waals surface area contributed by atoms with E-state index in [2.05, 4.69) is 25.3 Å². The highest BCUT2D eigenvalue weighted by molar-refractivity contribution is 6.01. The molecule has 5 N–H and O–H groups in total. The third-order valence-electron chi connectivity index (χ3n) is 8.08. The Morgan fingerprint density at radius 3 is 2.23 bits per heavy atom. The van der Waals surface area contributed by atoms with Gasteiger partial charge in [-0.3, -0.25) is 34.6 Å². The number of benzene rings is 1. The predicted molar refractivity (Wildman–Crippen MR) is 149 cm³/mol. The molecule has 1 aromatic heterocycles. The maximum absolute atomic E-state index is 12.6. The summed E-state index contributed by atoms with van der Waals surface area (Å²) in [6.07, 6.45) is 4.23. The summed E-state index contributed by atoms with van der Waals surface area (Å²) in [5.41, 5.74) is 7.93. The second-order valence-electron chi connectivity index (χ2n) is 10.7. The molecule has 4 amide bonds. The molecule has 12 nitrogen and oxygen atoms in total. The van der Waals surface area contributed by atoms with Gasteiger partial charge in [-0.2, -0.15) is 0 Å². The van der Waals surface area contributed by atoms with Crippen molar-refractivity contribution >= 4 is 35.1 Å². The molecule has 0 aliphatic carbocycles. The lowest BCUT2D eigenvalue weighted by atomic mass is 9.95. The van der Waals surface area contributed by atoms with Crippen LogP contribution in [-0.2, 0) is 9.59 Å². The Morgan fingerprint density at radius 1 is 0.925 bits per heavy atom. The normalized spacial score (nSPS) is 20.8. The molecule has 3 saturated heterocycles. The average molecular weight is 549 g/mol. The van der Waals surface area contributed by atoms with Gasteiger partial charge in [0, 0.05) is 81.4 Å². The number of hydrogen-bond donors (Lipinski definition) is 4. The zero-order valence-corrected chi connectivity index (χ0v) is 22.5. The number of piperazine rings is 1. The smallest absolute Gasteiger partial charge is 0.327 e. The van der Waals surface area contributed by atoms with Crippen LogP contribution in [0.3, 0.4) is 0 Å². The van der Waals surface area contributed by atoms with Crippen molar-refractivity contribution in [1.29, 1.82) is 5.41 Å². The van der Waals surface area contributed by atoms with Crippen LogP contribution in [0.5, 0.6) is 0 Å². The second kappa shape index (κ2) is 11.9. The first-order chi connectivity index (χ1) is 19.3. The van der Waals surface area contributed by atoms with Crippen LogP contribution in [0.15, 0.2) is 42.6 Å². The van der Waals surface area contributed by atoms with Crippen LogP contribution in [-0.4, -0.2) is 85.1 Å². The first-order valence-corrected chi connectivity index (χ1v) is 13.8. The molecular formula is C28H36N8O4. The number of pyridine rings is 1. The summed E-state index contributed by atoms with van der Waals surface area (Å²) in [4.78, 5) is 54.3. The number of amides is 4. The van der Waals surface area contributed by atoms with E-state index in [4.69, 9.17) is 11.1 Å². The number of carbonyl (C=O) groups excluding carboxylic acids is 4. The molecule has 4 heterocycles. The fourth-order valence-electron chi connectivity index (χ4n) is 5.68. The minimum Gasteiger partial charge on any atom is -0.372 e. The average Bonchev–Trinajstić information content (AvgIpc) is 2.95. The lowest BCUT2D eigenvalue weighted by Crippen LogP contribution is -2.54. The van der Waals surface area contributed by atoms with Crippen molar-refractivity contribution in [2.45, 2.75) is 31.7 Å². The Morgan fingerprint density at radius 2 is 1.60 bits per heavy atom. The number of imide groups is 1. The topological polar surface area (TPSA) is 157 Å². The first kappa shape index (κ1) is 27.4. The summed E-state index contributed by atoms with van der Waals surface area (Å²) < 4.78 is 1.17. The minimum atomic E-state index is -0.785. The van der Waals surface area contributed by atoms with Crippen LogP contribution >= 0.6 is 0 Å². The first-order valence-electron chi connectivity index (χ1n) is 13.8. The largest absolute Gasteiger partial charge is 0.372 e. The van der Waals surface area contributed by atoms with E-state index in [0.717, 1.165) is 70.0 Å². The van der Waals surface area contributed by atoms with Gasteiger partial charge < -0.3 is 20.9 Å². The quantitative estimate of drug-likeness (QED) is 0.382. The maximum atomic E-state index is 12.6. The van der Waals surface area contributed by atoms with E-state index in [1.807, 2.05) is 18.2 Å². The van der Waals surface area contributed by atoms with Gasteiger partial charge in [-0.25, -0.2) is 4.79 Å². The number of anilines is 2. The number of nitrogens with two attached hydrogens (primary N) is 1. The van der Waals surface area contributed by atoms with Gasteiger partial charge in [-0.1, -0.05) is 0 Å². The van der Waals surface area contributed by atoms with Gasteiger partial charge in [0.25, 0.3) is 0 Å². The van der Waals surface area contributed by atoms with Crippen molar-refractivity contribution in [3.8, 4) is 0 Å². The molecule has 212 valence electrons. The molecule has 2 aromatic rings. The van der Waals surface area contributed by atoms with Crippen molar-refractivity contribution < 1.29 is 19.2 Å². The van der Waals surface area contributed by atoms with E-state index in [-0.39, 0.29) is 24.2 Å². The van der Waals surface area contributed by atoms with Crippen LogP contribution in [0, 0.1) is 11.3 Å². The monoisotopic (exact) mass is 548 g/mol. The van der Waals surface area contributed by atoms with Gasteiger partial charge in [-0.15, -0.1) is 0 Å². The lowest BCUT2D eigenvalue weighted by molar-refractivity contribution is -0.134. The van der Waals surface area contributed by atoms with E-state index in [0.29, 0.717) is 11.5 Å². The SMILES string of the molecule is N=c1cc(N2CCN(CC3CCN(c4ccc(C(N)=O)cc4)CC3)CC2)ccn1C(=O)NC1CCC(=O)NC1=O. The van der Waals surface area contributed by atoms with E-state index in [1.165, 1.54) is 4.57 Å². The molecule has 3 fully saturated rings. The molecule has 40 heavy (non-hydrogen) atoms. The highest BCUT2D eigenvalue weighted by Crippen LogP contribution is 2.25. The molecular weight excluding hydrogens is 512 g/mol. The zero-order valence-electron chi connectivity index (χ0n) is 22.5. The van der Waals surface area contributed by atoms with Gasteiger partial charge in [0.2, 0.25) is 17.7 Å². The Kier molecular flexibility index (Phi) is 8.15. The van der Waals surface area contributed by atoms with Crippen molar-refractivity contribution in [1.82, 2.24) is 20.1 Å². The van der Waals surface area contributed by atoms with E-state index in [9.17, 15) is 19.2 Å². The fourth-order valence-corrected chi connectivity index (χ4v) is 5.68. The second-order valence-corrected chi connectivity index (χ2v) is 10.7. The fraction of sp³-hybridized carbons (Fsp3) is 0.464. The standard InChI is InChI=1S/C28H36N8O4/c29-24-17-22(9-12-36(24)28(40)31-23-5-6-25(37)32-27(23)39)35-15-13-33(14-16-35)18-19-7-10-34(11-8-19)21-3-1-20(2-4-21)26(30)38/h1-4,9,12,17,19,23,29H,5-8,10-11,13-16,18H2,(H2,30,38)(H,31,40)(H,32,37,39). The summed E-state index contributed by atoms with van der Waals surface area (Å²) in [6.45, 7) is 6.62. The molecule has 1 atom stereocenters. The molecule has 3 aliphatic rings. The Labute approximate surface area is 232 Å². The number of hydrogen-bond acceptors (Lipinski definition) is 8. The number of carbonyl (C=O) groups is 4. The van der Waals surface area contributed by atoms with Gasteiger partial charge in [0.1, 0.15) is 11.5 Å². The van der Waals surface area contributed by atoms with E-state index in [1.54, 1.807) is 24.4 Å². The van der Waals surface area contributed by atoms with Crippen molar-refractivity contribution in [3.05, 3.63) is 53.6 Å². The summed E-state index contributed by atoms with van der Waals surface area (Å²) in [5.74, 6) is -0.625. The molecule has 12 heteroatoms. The number of primary amides is 1. The zero-order chi connectivity index (χ0) is 28.2. The van der Waals surface area contributed by atoms with Crippen molar-refractivity contribution in [3.63, 3.8) is 0 Å². The molecule has 1 unspecified atom stereocenters. The predicted octanol–water partition coefficient (Wildman–Crippen LogP) is 0.468. The van der Waals surface area contributed by atoms with Gasteiger partial charge >= 0.3 is 6.03 Å². The number of nitrogens with zero attached hydrogens (tertiary/aromatic N) is 4. The van der Waals surface area contributed by atoms with Crippen LogP contribution in [0.4, 0.5) is 16.2 Å². The van der Waals surface area contributed by atoms with Crippen LogP contribution in [0.2, 0.25) is 0 Å². The van der Waals surface area contributed by atoms with E-state index >= 15 is 0 Å². The molecule has 0 radical (unpaired) electrons. The third-order valence-corrected chi connectivity index (χ3v) is 8.08. The van der Waals surface area contributed by atoms with Gasteiger partial charge in [-0.05, 0) is 55.5 Å². The van der Waals surface area contributed by atoms with Crippen LogP contribution in [0.1, 0.15) is 36.0 Å². The van der Waals surface area contributed by atoms with Gasteiger partial charge in [0.15, 0.2) is 0 Å². The molecule has 1 aromatic carbocycles. The Balaban J connectivity index is 1.07. The molecule has 0 saturated carbocycles. The molecule has 5 rings (SSSR count). The Hall–Kier alpha value is -4.19. The molecule has 0 bridgehead atoms. The number of rotatable bonds is 6. The lowest BCUT2D eigenvalue weighted by Gasteiger charge is -2.40. The third kappa shape index (κ3) is 6.33. The van der Waals surface area contributed by atoms with Crippen LogP contribution in [0.25, 0.3) is 0 Å². The number of aromatic nitrogens is 1. The van der Waals surface area contributed by atoms with Crippen LogP contribution < -0.4 is 31.7 Å².